The predicted octanol–water partition coefficient (Wildman–Crippen LogP) is -5.11. The number of aliphatic hydroxyl groups is 1. The van der Waals surface area contributed by atoms with E-state index in [-0.39, 0.29) is 134 Å². The van der Waals surface area contributed by atoms with Gasteiger partial charge in [0.25, 0.3) is 0 Å². The first-order valence-corrected chi connectivity index (χ1v) is 32.4. The summed E-state index contributed by atoms with van der Waals surface area (Å²) in [6.45, 7) is 0.924. The summed E-state index contributed by atoms with van der Waals surface area (Å²) in [5.74, 6) is -0.980. The standard InChI is InChI=1S/C58H77NO26S3.3Na/c1-38-49(75-33-41-24-14-9-15-25-41)54(76-34-42-26-16-10-17-27-42)55(77-35-43-28-18-11-19-29-43)58(79-38)83-52-47(59-39(2)60)56(74-31-21-7-5-4-6-20-30-46(61)72-3)80-44(36-73-32-40-22-12-8-13-23-40)50(52)82-57-48(62)53(85-88(69,70)71)51(84-87(66,67)68)45(81-57)37-78-86(63,64)65;;;/h8-19,22-29,38,44-45,47-58,62H,4-7,20-21,30-37H2,1-3H3,(H,59,60)(H,63,64,65)(H,66,67,68)(H,69,70,71);;;/q;3*+1/p-3/t38-,44+,45+,47+,48+,49+,50+,51-,52+,53+,54+,55-,56+,57-,58-;;;/m0.../s1. The molecule has 7 rings (SSSR count). The van der Waals surface area contributed by atoms with Crippen LogP contribution in [0.1, 0.15) is 81.0 Å². The van der Waals surface area contributed by atoms with E-state index in [9.17, 15) is 53.6 Å². The Morgan fingerprint density at radius 3 is 1.46 bits per heavy atom. The summed E-state index contributed by atoms with van der Waals surface area (Å²) in [7, 11) is -16.4. The summed E-state index contributed by atoms with van der Waals surface area (Å²) in [5, 5.41) is 14.8. The van der Waals surface area contributed by atoms with Gasteiger partial charge in [-0.05, 0) is 42.0 Å². The van der Waals surface area contributed by atoms with Gasteiger partial charge in [-0.2, -0.15) is 0 Å². The Kier molecular flexibility index (Phi) is 36.4. The van der Waals surface area contributed by atoms with Crippen molar-refractivity contribution in [2.45, 2.75) is 177 Å². The molecule has 0 spiro atoms. The molecule has 15 atom stereocenters. The molecule has 1 amide bonds. The second kappa shape index (κ2) is 40.6. The largest absolute Gasteiger partial charge is 1.00 e. The zero-order chi connectivity index (χ0) is 63.3. The van der Waals surface area contributed by atoms with E-state index in [0.29, 0.717) is 30.4 Å². The molecule has 0 radical (unpaired) electrons. The second-order valence-electron chi connectivity index (χ2n) is 20.9. The topological polar surface area (TPSA) is 367 Å². The van der Waals surface area contributed by atoms with Crippen LogP contribution in [0.15, 0.2) is 121 Å². The third-order valence-electron chi connectivity index (χ3n) is 14.3. The zero-order valence-electron chi connectivity index (χ0n) is 51.5. The van der Waals surface area contributed by atoms with Crippen molar-refractivity contribution in [1.82, 2.24) is 5.32 Å². The van der Waals surface area contributed by atoms with Gasteiger partial charge in [0, 0.05) is 20.0 Å². The van der Waals surface area contributed by atoms with Gasteiger partial charge in [0.2, 0.25) is 37.1 Å². The van der Waals surface area contributed by atoms with E-state index in [1.807, 2.05) is 91.0 Å². The molecule has 27 nitrogen and oxygen atoms in total. The molecule has 3 saturated heterocycles. The molecule has 4 aromatic carbocycles. The molecule has 0 saturated carbocycles. The van der Waals surface area contributed by atoms with Gasteiger partial charge >= 0.3 is 94.6 Å². The minimum absolute atomic E-state index is 0. The molecular formula is C58H74NNa3O26S3. The third-order valence-corrected chi connectivity index (χ3v) is 15.7. The van der Waals surface area contributed by atoms with Crippen LogP contribution in [-0.2, 0) is 132 Å². The van der Waals surface area contributed by atoms with Crippen LogP contribution in [0.5, 0.6) is 0 Å². The van der Waals surface area contributed by atoms with Crippen molar-refractivity contribution in [2.75, 3.05) is 26.9 Å². The van der Waals surface area contributed by atoms with Crippen molar-refractivity contribution in [1.29, 1.82) is 0 Å². The Bertz CT molecular complexity index is 3090. The Morgan fingerprint density at radius 2 is 0.956 bits per heavy atom. The van der Waals surface area contributed by atoms with Crippen LogP contribution in [0.25, 0.3) is 0 Å². The number of aliphatic hydroxyl groups excluding tert-OH is 1. The number of nitrogens with one attached hydrogen (secondary N) is 1. The molecular weight excluding hydrogens is 1290 g/mol. The number of benzene rings is 4. The maximum atomic E-state index is 13.6. The molecule has 4 aromatic rings. The predicted molar refractivity (Wildman–Crippen MR) is 301 cm³/mol. The molecule has 0 bridgehead atoms. The van der Waals surface area contributed by atoms with Crippen molar-refractivity contribution in [3.8, 4) is 0 Å². The average Bonchev–Trinajstić information content (AvgIpc) is 1.31. The number of carbonyl (C=O) groups excluding carboxylic acids is 2. The number of hydrogen-bond acceptors (Lipinski definition) is 26. The molecule has 0 aliphatic carbocycles. The molecule has 0 aromatic heterocycles. The van der Waals surface area contributed by atoms with Crippen LogP contribution < -0.4 is 94.0 Å². The van der Waals surface area contributed by atoms with Crippen LogP contribution in [0.3, 0.4) is 0 Å². The molecule has 33 heteroatoms. The van der Waals surface area contributed by atoms with Gasteiger partial charge < -0.3 is 76.2 Å². The first-order valence-electron chi connectivity index (χ1n) is 28.4. The number of amides is 1. The quantitative estimate of drug-likeness (QED) is 0.0143. The molecule has 488 valence electrons. The van der Waals surface area contributed by atoms with Gasteiger partial charge in [0.05, 0.1) is 52.9 Å². The van der Waals surface area contributed by atoms with E-state index in [4.69, 9.17) is 52.1 Å². The molecule has 3 aliphatic rings. The number of esters is 1. The van der Waals surface area contributed by atoms with Crippen molar-refractivity contribution in [3.63, 3.8) is 0 Å². The van der Waals surface area contributed by atoms with Crippen LogP contribution >= 0.6 is 0 Å². The molecule has 91 heavy (non-hydrogen) atoms. The van der Waals surface area contributed by atoms with Crippen molar-refractivity contribution >= 4 is 43.1 Å². The molecule has 0 unspecified atom stereocenters. The minimum Gasteiger partial charge on any atom is -0.726 e. The minimum atomic E-state index is -6.01. The van der Waals surface area contributed by atoms with Crippen LogP contribution in [0.4, 0.5) is 0 Å². The van der Waals surface area contributed by atoms with Crippen molar-refractivity contribution in [3.05, 3.63) is 144 Å². The Balaban J connectivity index is 0.00000589. The van der Waals surface area contributed by atoms with E-state index in [1.54, 1.807) is 37.3 Å². The molecule has 3 heterocycles. The van der Waals surface area contributed by atoms with Crippen LogP contribution in [0.2, 0.25) is 0 Å². The van der Waals surface area contributed by atoms with Gasteiger partial charge in [0.15, 0.2) is 18.9 Å². The normalized spacial score (nSPS) is 26.9. The summed E-state index contributed by atoms with van der Waals surface area (Å²) in [4.78, 5) is 25.3. The number of rotatable bonds is 35. The second-order valence-corrected chi connectivity index (χ2v) is 24.0. The SMILES string of the molecule is COC(=O)CCCCCCCCO[C@@H]1O[C@H](COCc2ccccc2)[C@@H](O[C@@H]2O[C@H](COS(=O)(=O)[O-])[C@H](OS(=O)(=O)[O-])[C@H](OS(=O)(=O)[O-])[C@H]2O)[C@H](O[C@@H]2O[C@@H](C)[C@@H](OCc3ccccc3)[C@@H](OCc3ccccc3)[C@@H]2OCc2ccccc2)[C@H]1NC(C)=O.[Na+].[Na+].[Na+]. The summed E-state index contributed by atoms with van der Waals surface area (Å²) >= 11 is 0. The summed E-state index contributed by atoms with van der Waals surface area (Å²) in [6.07, 6.45) is -20.7. The maximum absolute atomic E-state index is 13.6. The summed E-state index contributed by atoms with van der Waals surface area (Å²) in [6, 6.07) is 35.1. The fourth-order valence-corrected chi connectivity index (χ4v) is 11.5. The van der Waals surface area contributed by atoms with E-state index >= 15 is 0 Å². The molecule has 3 aliphatic heterocycles. The third kappa shape index (κ3) is 27.8. The summed E-state index contributed by atoms with van der Waals surface area (Å²) in [5.41, 5.74) is 3.00. The number of carbonyl (C=O) groups is 2. The van der Waals surface area contributed by atoms with E-state index in [1.165, 1.54) is 14.0 Å². The molecule has 2 N–H and O–H groups in total. The van der Waals surface area contributed by atoms with Gasteiger partial charge in [0.1, 0.15) is 67.1 Å². The molecule has 3 fully saturated rings. The average molecular weight is 1370 g/mol. The van der Waals surface area contributed by atoms with E-state index in [2.05, 4.69) is 17.9 Å². The first kappa shape index (κ1) is 81.4. The van der Waals surface area contributed by atoms with E-state index < -0.39 is 142 Å². The Labute approximate surface area is 597 Å². The monoisotopic (exact) mass is 1370 g/mol. The van der Waals surface area contributed by atoms with Gasteiger partial charge in [-0.3, -0.25) is 22.1 Å². The fourth-order valence-electron chi connectivity index (χ4n) is 10.2. The smallest absolute Gasteiger partial charge is 0.726 e. The van der Waals surface area contributed by atoms with Crippen LogP contribution in [-0.4, -0.2) is 175 Å². The number of methoxy groups -OCH3 is 1. The number of unbranched alkanes of at least 4 members (excludes halogenated alkanes) is 5. The Hall–Kier alpha value is -2.01. The maximum Gasteiger partial charge on any atom is 1.00 e. The van der Waals surface area contributed by atoms with Crippen LogP contribution in [0, 0.1) is 0 Å². The number of hydrogen-bond donors (Lipinski definition) is 2. The van der Waals surface area contributed by atoms with Gasteiger partial charge in [-0.15, -0.1) is 0 Å². The number of ether oxygens (including phenoxy) is 11. The Morgan fingerprint density at radius 1 is 0.505 bits per heavy atom. The van der Waals surface area contributed by atoms with Gasteiger partial charge in [-0.1, -0.05) is 147 Å². The zero-order valence-corrected chi connectivity index (χ0v) is 59.9. The van der Waals surface area contributed by atoms with Crippen molar-refractivity contribution < 1.29 is 207 Å². The summed E-state index contributed by atoms with van der Waals surface area (Å²) < 4.78 is 193. The van der Waals surface area contributed by atoms with Crippen molar-refractivity contribution in [2.24, 2.45) is 0 Å². The van der Waals surface area contributed by atoms with Gasteiger partial charge in [-0.25, -0.2) is 25.3 Å². The fraction of sp³-hybridized carbons (Fsp3) is 0.552. The first-order chi connectivity index (χ1) is 42.0. The van der Waals surface area contributed by atoms with E-state index in [0.717, 1.165) is 30.4 Å².